The molecule has 34 heavy (non-hydrogen) atoms. The van der Waals surface area contributed by atoms with Crippen LogP contribution in [0.15, 0.2) is 82.7 Å². The fourth-order valence-electron chi connectivity index (χ4n) is 4.67. The van der Waals surface area contributed by atoms with Gasteiger partial charge in [-0.1, -0.05) is 66.2 Å². The molecule has 1 N–H and O–H groups in total. The van der Waals surface area contributed by atoms with Crippen LogP contribution in [0.5, 0.6) is 5.75 Å². The molecule has 0 aliphatic carbocycles. The van der Waals surface area contributed by atoms with E-state index in [1.54, 1.807) is 7.11 Å². The summed E-state index contributed by atoms with van der Waals surface area (Å²) in [6, 6.07) is 23.1. The molecule has 5 rings (SSSR count). The average molecular weight is 452 g/mol. The zero-order valence-corrected chi connectivity index (χ0v) is 19.3. The predicted molar refractivity (Wildman–Crippen MR) is 134 cm³/mol. The summed E-state index contributed by atoms with van der Waals surface area (Å²) in [4.78, 5) is 29.1. The SMILES string of the molecule is COc1ccccc1[C@@H]1CC(c2c(-c3ccc(C)cc3)c3ccccc3[nH]c2=O)=NN1C(C)=O. The number of hydrogen-bond donors (Lipinski definition) is 1. The number of carbonyl (C=O) groups excluding carboxylic acids is 1. The number of hydrazone groups is 1. The topological polar surface area (TPSA) is 74.8 Å². The number of methoxy groups -OCH3 is 1. The summed E-state index contributed by atoms with van der Waals surface area (Å²) in [6.07, 6.45) is 0.403. The van der Waals surface area contributed by atoms with E-state index in [-0.39, 0.29) is 17.5 Å². The number of ether oxygens (including phenoxy) is 1. The van der Waals surface area contributed by atoms with Crippen molar-refractivity contribution in [2.75, 3.05) is 7.11 Å². The first kappa shape index (κ1) is 21.6. The summed E-state index contributed by atoms with van der Waals surface area (Å²) < 4.78 is 5.56. The number of hydrogen-bond acceptors (Lipinski definition) is 4. The first-order chi connectivity index (χ1) is 16.5. The molecule has 0 saturated carbocycles. The third kappa shape index (κ3) is 3.67. The van der Waals surface area contributed by atoms with Crippen LogP contribution in [-0.2, 0) is 4.79 Å². The first-order valence-electron chi connectivity index (χ1n) is 11.2. The number of aromatic amines is 1. The van der Waals surface area contributed by atoms with Gasteiger partial charge in [-0.15, -0.1) is 0 Å². The van der Waals surface area contributed by atoms with Crippen LogP contribution in [0.3, 0.4) is 0 Å². The quantitative estimate of drug-likeness (QED) is 0.463. The van der Waals surface area contributed by atoms with Crippen molar-refractivity contribution < 1.29 is 9.53 Å². The Hall–Kier alpha value is -4.19. The number of amides is 1. The fraction of sp³-hybridized carbons (Fsp3) is 0.179. The minimum atomic E-state index is -0.361. The van der Waals surface area contributed by atoms with Crippen molar-refractivity contribution in [2.45, 2.75) is 26.3 Å². The molecule has 0 saturated heterocycles. The summed E-state index contributed by atoms with van der Waals surface area (Å²) >= 11 is 0. The second-order valence-electron chi connectivity index (χ2n) is 8.49. The van der Waals surface area contributed by atoms with Gasteiger partial charge in [-0.3, -0.25) is 9.59 Å². The van der Waals surface area contributed by atoms with E-state index in [2.05, 4.69) is 10.1 Å². The third-order valence-corrected chi connectivity index (χ3v) is 6.28. The van der Waals surface area contributed by atoms with E-state index in [1.807, 2.05) is 79.7 Å². The van der Waals surface area contributed by atoms with Crippen LogP contribution >= 0.6 is 0 Å². The van der Waals surface area contributed by atoms with Crippen LogP contribution in [0.4, 0.5) is 0 Å². The zero-order chi connectivity index (χ0) is 23.8. The molecule has 3 aromatic carbocycles. The molecule has 6 nitrogen and oxygen atoms in total. The highest BCUT2D eigenvalue weighted by Crippen LogP contribution is 2.39. The molecule has 0 bridgehead atoms. The zero-order valence-electron chi connectivity index (χ0n) is 19.3. The lowest BCUT2D eigenvalue weighted by Crippen LogP contribution is -2.24. The van der Waals surface area contributed by atoms with Crippen LogP contribution in [0, 0.1) is 6.92 Å². The molecule has 1 amide bonds. The van der Waals surface area contributed by atoms with Gasteiger partial charge in [0.1, 0.15) is 5.75 Å². The number of carbonyl (C=O) groups is 1. The predicted octanol–water partition coefficient (Wildman–Crippen LogP) is 5.21. The maximum atomic E-state index is 13.5. The molecular formula is C28H25N3O3. The number of aryl methyl sites for hydroxylation is 1. The second-order valence-corrected chi connectivity index (χ2v) is 8.49. The Labute approximate surface area is 197 Å². The molecule has 1 atom stereocenters. The molecular weight excluding hydrogens is 426 g/mol. The highest BCUT2D eigenvalue weighted by Gasteiger charge is 2.35. The largest absolute Gasteiger partial charge is 0.496 e. The molecule has 2 heterocycles. The molecule has 0 spiro atoms. The fourth-order valence-corrected chi connectivity index (χ4v) is 4.67. The van der Waals surface area contributed by atoms with E-state index in [0.29, 0.717) is 23.4 Å². The Morgan fingerprint density at radius 3 is 2.44 bits per heavy atom. The van der Waals surface area contributed by atoms with Crippen molar-refractivity contribution in [2.24, 2.45) is 5.10 Å². The summed E-state index contributed by atoms with van der Waals surface area (Å²) in [6.45, 7) is 3.52. The van der Waals surface area contributed by atoms with Gasteiger partial charge < -0.3 is 9.72 Å². The monoisotopic (exact) mass is 451 g/mol. The maximum Gasteiger partial charge on any atom is 0.258 e. The molecule has 1 aliphatic rings. The molecule has 170 valence electrons. The summed E-state index contributed by atoms with van der Waals surface area (Å²) in [7, 11) is 1.61. The number of nitrogens with one attached hydrogen (secondary N) is 1. The molecule has 0 radical (unpaired) electrons. The van der Waals surface area contributed by atoms with Crippen LogP contribution in [0.2, 0.25) is 0 Å². The highest BCUT2D eigenvalue weighted by atomic mass is 16.5. The Balaban J connectivity index is 1.73. The van der Waals surface area contributed by atoms with Gasteiger partial charge >= 0.3 is 0 Å². The van der Waals surface area contributed by atoms with E-state index in [9.17, 15) is 9.59 Å². The van der Waals surface area contributed by atoms with Gasteiger partial charge in [0.05, 0.1) is 24.4 Å². The van der Waals surface area contributed by atoms with E-state index in [1.165, 1.54) is 11.9 Å². The minimum Gasteiger partial charge on any atom is -0.496 e. The molecule has 1 aliphatic heterocycles. The van der Waals surface area contributed by atoms with Gasteiger partial charge in [-0.2, -0.15) is 5.10 Å². The molecule has 0 unspecified atom stereocenters. The Kier molecular flexibility index (Phi) is 5.49. The standard InChI is InChI=1S/C28H25N3O3/c1-17-12-14-19(15-13-17)26-20-8-4-6-10-22(20)29-28(33)27(26)23-16-24(31(30-23)18(2)32)21-9-5-7-11-25(21)34-3/h4-15,24H,16H2,1-3H3,(H,29,33)/t24-/m0/s1. The second kappa shape index (κ2) is 8.63. The van der Waals surface area contributed by atoms with Crippen molar-refractivity contribution in [3.8, 4) is 16.9 Å². The van der Waals surface area contributed by atoms with Crippen molar-refractivity contribution in [1.29, 1.82) is 0 Å². The van der Waals surface area contributed by atoms with Crippen molar-refractivity contribution in [1.82, 2.24) is 9.99 Å². The van der Waals surface area contributed by atoms with Crippen LogP contribution < -0.4 is 10.3 Å². The number of rotatable bonds is 4. The van der Waals surface area contributed by atoms with Crippen molar-refractivity contribution in [3.05, 3.63) is 99.8 Å². The number of fused-ring (bicyclic) bond motifs is 1. The average Bonchev–Trinajstić information content (AvgIpc) is 3.29. The van der Waals surface area contributed by atoms with Gasteiger partial charge in [0.25, 0.3) is 5.56 Å². The summed E-state index contributed by atoms with van der Waals surface area (Å²) in [5.74, 6) is 0.487. The van der Waals surface area contributed by atoms with Gasteiger partial charge in [-0.05, 0) is 24.6 Å². The molecule has 6 heteroatoms. The minimum absolute atomic E-state index is 0.194. The number of pyridine rings is 1. The van der Waals surface area contributed by atoms with Crippen molar-refractivity contribution in [3.63, 3.8) is 0 Å². The third-order valence-electron chi connectivity index (χ3n) is 6.28. The van der Waals surface area contributed by atoms with Gasteiger partial charge in [0, 0.05) is 35.4 Å². The number of aromatic nitrogens is 1. The maximum absolute atomic E-state index is 13.5. The lowest BCUT2D eigenvalue weighted by Gasteiger charge is -2.22. The van der Waals surface area contributed by atoms with E-state index >= 15 is 0 Å². The normalized spacial score (nSPS) is 15.4. The number of benzene rings is 3. The molecule has 4 aromatic rings. The van der Waals surface area contributed by atoms with Gasteiger partial charge in [0.15, 0.2) is 0 Å². The van der Waals surface area contributed by atoms with E-state index in [4.69, 9.17) is 4.74 Å². The van der Waals surface area contributed by atoms with Crippen molar-refractivity contribution >= 4 is 22.5 Å². The summed E-state index contributed by atoms with van der Waals surface area (Å²) in [5, 5.41) is 7.08. The van der Waals surface area contributed by atoms with Gasteiger partial charge in [0.2, 0.25) is 5.91 Å². The molecule has 1 aromatic heterocycles. The Morgan fingerprint density at radius 1 is 1.00 bits per heavy atom. The van der Waals surface area contributed by atoms with Crippen LogP contribution in [-0.4, -0.2) is 28.7 Å². The highest BCUT2D eigenvalue weighted by molar-refractivity contribution is 6.12. The lowest BCUT2D eigenvalue weighted by molar-refractivity contribution is -0.130. The van der Waals surface area contributed by atoms with E-state index < -0.39 is 0 Å². The van der Waals surface area contributed by atoms with Crippen LogP contribution in [0.25, 0.3) is 22.0 Å². The molecule has 0 fully saturated rings. The number of nitrogens with zero attached hydrogens (tertiary/aromatic N) is 2. The first-order valence-corrected chi connectivity index (χ1v) is 11.2. The van der Waals surface area contributed by atoms with E-state index in [0.717, 1.165) is 33.2 Å². The summed E-state index contributed by atoms with van der Waals surface area (Å²) in [5.41, 5.74) is 5.35. The number of H-pyrrole nitrogens is 1. The lowest BCUT2D eigenvalue weighted by atomic mass is 9.90. The Morgan fingerprint density at radius 2 is 1.71 bits per heavy atom. The Bertz CT molecular complexity index is 1490. The smallest absolute Gasteiger partial charge is 0.258 e. The van der Waals surface area contributed by atoms with Gasteiger partial charge in [-0.25, -0.2) is 5.01 Å². The van der Waals surface area contributed by atoms with Crippen LogP contribution in [0.1, 0.15) is 36.1 Å². The number of para-hydroxylation sites is 2.